The first kappa shape index (κ1) is 25.1. The molecule has 0 amide bonds. The second-order valence-electron chi connectivity index (χ2n) is 7.98. The molecule has 2 unspecified atom stereocenters. The largest absolute Gasteiger partial charge is 0.493 e. The summed E-state index contributed by atoms with van der Waals surface area (Å²) in [5, 5.41) is 4.31. The molecule has 2 fully saturated rings. The number of rotatable bonds is 4. The van der Waals surface area contributed by atoms with Crippen LogP contribution in [0.25, 0.3) is 11.0 Å². The number of anilines is 2. The molecule has 1 N–H and O–H groups in total. The normalized spacial score (nSPS) is 20.0. The number of halogens is 2. The van der Waals surface area contributed by atoms with E-state index in [0.717, 1.165) is 0 Å². The molecule has 0 saturated carbocycles. The summed E-state index contributed by atoms with van der Waals surface area (Å²) in [5.41, 5.74) is 0.609. The van der Waals surface area contributed by atoms with Gasteiger partial charge >= 0.3 is 11.6 Å². The number of methoxy groups -OCH3 is 2. The van der Waals surface area contributed by atoms with E-state index in [4.69, 9.17) is 51.3 Å². The van der Waals surface area contributed by atoms with Crippen LogP contribution in [0.2, 0.25) is 10.0 Å². The van der Waals surface area contributed by atoms with Crippen molar-refractivity contribution in [1.29, 1.82) is 0 Å². The standard InChI is InChI=1S/C16H12Cl2N2O4.C7H10O4/c1-22-12-4-3-8-11(5-13(21)24-15(8)16(12)23-2)20-14-9(17)6-19-7-10(14)18;1-7(2)10-4-3-9-6(8)5(4)11-7/h3-7H,1-2H3,(H,19,20);4-5H,3H2,1-2H3. The molecule has 3 aromatic rings. The maximum atomic E-state index is 12.0. The number of carbonyl (C=O) groups excluding carboxylic acids is 1. The van der Waals surface area contributed by atoms with Gasteiger partial charge in [-0.15, -0.1) is 0 Å². The molecule has 0 bridgehead atoms. The second-order valence-corrected chi connectivity index (χ2v) is 8.80. The van der Waals surface area contributed by atoms with Gasteiger partial charge in [-0.1, -0.05) is 23.2 Å². The number of carbonyl (C=O) groups is 1. The van der Waals surface area contributed by atoms with E-state index < -0.39 is 17.5 Å². The Morgan fingerprint density at radius 2 is 1.80 bits per heavy atom. The van der Waals surface area contributed by atoms with Gasteiger partial charge in [0.25, 0.3) is 0 Å². The number of hydrogen-bond acceptors (Lipinski definition) is 10. The smallest absolute Gasteiger partial charge is 0.338 e. The van der Waals surface area contributed by atoms with Gasteiger partial charge in [0.2, 0.25) is 5.75 Å². The van der Waals surface area contributed by atoms with Gasteiger partial charge < -0.3 is 33.4 Å². The monoisotopic (exact) mass is 524 g/mol. The Labute approximate surface area is 210 Å². The number of fused-ring (bicyclic) bond motifs is 2. The predicted octanol–water partition coefficient (Wildman–Crippen LogP) is 4.32. The number of pyridine rings is 1. The number of hydrogen-bond donors (Lipinski definition) is 1. The van der Waals surface area contributed by atoms with Gasteiger partial charge in [-0.3, -0.25) is 4.98 Å². The number of nitrogens with one attached hydrogen (secondary N) is 1. The van der Waals surface area contributed by atoms with E-state index in [0.29, 0.717) is 44.9 Å². The van der Waals surface area contributed by atoms with Crippen molar-refractivity contribution in [3.63, 3.8) is 0 Å². The lowest BCUT2D eigenvalue weighted by atomic mass is 10.1. The van der Waals surface area contributed by atoms with E-state index in [9.17, 15) is 9.59 Å². The highest BCUT2D eigenvalue weighted by molar-refractivity contribution is 6.39. The van der Waals surface area contributed by atoms with Gasteiger partial charge in [0.05, 0.1) is 35.6 Å². The summed E-state index contributed by atoms with van der Waals surface area (Å²) < 4.78 is 31.2. The van der Waals surface area contributed by atoms with Crippen LogP contribution in [0, 0.1) is 0 Å². The SMILES string of the molecule is CC1(C)OC2COC(=O)C2O1.COc1ccc2c(Nc3c(Cl)cncc3Cl)cc(=O)oc2c1OC. The first-order chi connectivity index (χ1) is 16.6. The van der Waals surface area contributed by atoms with E-state index in [1.807, 2.05) is 0 Å². The fourth-order valence-electron chi connectivity index (χ4n) is 3.71. The molecule has 2 saturated heterocycles. The molecule has 4 heterocycles. The van der Waals surface area contributed by atoms with Crippen molar-refractivity contribution in [2.24, 2.45) is 0 Å². The lowest BCUT2D eigenvalue weighted by Crippen LogP contribution is -2.25. The third kappa shape index (κ3) is 5.15. The van der Waals surface area contributed by atoms with Crippen LogP contribution in [0.5, 0.6) is 11.5 Å². The van der Waals surface area contributed by atoms with Gasteiger partial charge in [-0.25, -0.2) is 9.59 Å². The molecule has 35 heavy (non-hydrogen) atoms. The number of cyclic esters (lactones) is 1. The quantitative estimate of drug-likeness (QED) is 0.390. The molecule has 2 aliphatic heterocycles. The molecule has 2 atom stereocenters. The van der Waals surface area contributed by atoms with Gasteiger partial charge in [0, 0.05) is 23.8 Å². The molecule has 0 spiro atoms. The van der Waals surface area contributed by atoms with E-state index in [1.165, 1.54) is 32.7 Å². The highest BCUT2D eigenvalue weighted by atomic mass is 35.5. The molecule has 2 aromatic heterocycles. The number of nitrogens with zero attached hydrogens (tertiary/aromatic N) is 1. The Balaban J connectivity index is 0.000000218. The van der Waals surface area contributed by atoms with E-state index >= 15 is 0 Å². The van der Waals surface area contributed by atoms with E-state index in [2.05, 4.69) is 10.3 Å². The minimum Gasteiger partial charge on any atom is -0.493 e. The van der Waals surface area contributed by atoms with Crippen molar-refractivity contribution < 1.29 is 32.9 Å². The van der Waals surface area contributed by atoms with Crippen LogP contribution in [-0.2, 0) is 19.0 Å². The van der Waals surface area contributed by atoms with Crippen LogP contribution < -0.4 is 20.4 Å². The van der Waals surface area contributed by atoms with E-state index in [-0.39, 0.29) is 17.7 Å². The molecule has 1 aromatic carbocycles. The van der Waals surface area contributed by atoms with Crippen molar-refractivity contribution >= 4 is 51.5 Å². The van der Waals surface area contributed by atoms with E-state index in [1.54, 1.807) is 26.0 Å². The minimum absolute atomic E-state index is 0.197. The molecular formula is C23H22Cl2N2O8. The molecular weight excluding hydrogens is 503 g/mol. The maximum Gasteiger partial charge on any atom is 0.338 e. The summed E-state index contributed by atoms with van der Waals surface area (Å²) in [6.45, 7) is 3.91. The molecule has 186 valence electrons. The molecule has 12 heteroatoms. The summed E-state index contributed by atoms with van der Waals surface area (Å²) >= 11 is 12.2. The summed E-state index contributed by atoms with van der Waals surface area (Å²) in [7, 11) is 2.97. The Morgan fingerprint density at radius 1 is 1.09 bits per heavy atom. The molecule has 5 rings (SSSR count). The number of benzene rings is 1. The van der Waals surface area contributed by atoms with Gasteiger partial charge in [-0.2, -0.15) is 0 Å². The number of aromatic nitrogens is 1. The fraction of sp³-hybridized carbons (Fsp3) is 0.348. The van der Waals surface area contributed by atoms with Crippen LogP contribution in [0.3, 0.4) is 0 Å². The zero-order valence-corrected chi connectivity index (χ0v) is 20.7. The lowest BCUT2D eigenvalue weighted by molar-refractivity contribution is -0.178. The third-order valence-electron chi connectivity index (χ3n) is 5.17. The van der Waals surface area contributed by atoms with Crippen LogP contribution >= 0.6 is 23.2 Å². The van der Waals surface area contributed by atoms with Gasteiger partial charge in [0.15, 0.2) is 23.2 Å². The van der Waals surface area contributed by atoms with Crippen LogP contribution in [0.15, 0.2) is 39.8 Å². The Bertz CT molecular complexity index is 1310. The summed E-state index contributed by atoms with van der Waals surface area (Å²) in [4.78, 5) is 26.8. The summed E-state index contributed by atoms with van der Waals surface area (Å²) in [6.07, 6.45) is 2.21. The Kier molecular flexibility index (Phi) is 7.09. The van der Waals surface area contributed by atoms with Crippen molar-refractivity contribution in [2.75, 3.05) is 26.1 Å². The molecule has 2 aliphatic rings. The number of ether oxygens (including phenoxy) is 5. The minimum atomic E-state index is -0.630. The topological polar surface area (TPSA) is 118 Å². The zero-order valence-electron chi connectivity index (χ0n) is 19.2. The predicted molar refractivity (Wildman–Crippen MR) is 128 cm³/mol. The first-order valence-corrected chi connectivity index (χ1v) is 11.2. The molecule has 10 nitrogen and oxygen atoms in total. The van der Waals surface area contributed by atoms with Crippen molar-refractivity contribution in [1.82, 2.24) is 4.98 Å². The average molecular weight is 525 g/mol. The highest BCUT2D eigenvalue weighted by Gasteiger charge is 2.50. The molecule has 0 radical (unpaired) electrons. The van der Waals surface area contributed by atoms with Gasteiger partial charge in [-0.05, 0) is 26.0 Å². The summed E-state index contributed by atoms with van der Waals surface area (Å²) in [5.74, 6) is -0.164. The number of esters is 1. The first-order valence-electron chi connectivity index (χ1n) is 10.4. The molecule has 0 aliphatic carbocycles. The second kappa shape index (κ2) is 9.90. The maximum absolute atomic E-state index is 12.0. The lowest BCUT2D eigenvalue weighted by Gasteiger charge is -2.17. The van der Waals surface area contributed by atoms with Crippen LogP contribution in [0.4, 0.5) is 11.4 Å². The Hall–Kier alpha value is -3.05. The zero-order chi connectivity index (χ0) is 25.3. The fourth-order valence-corrected chi connectivity index (χ4v) is 4.17. The van der Waals surface area contributed by atoms with Crippen molar-refractivity contribution in [3.05, 3.63) is 51.1 Å². The average Bonchev–Trinajstić information content (AvgIpc) is 3.30. The van der Waals surface area contributed by atoms with Crippen LogP contribution in [0.1, 0.15) is 13.8 Å². The van der Waals surface area contributed by atoms with Crippen molar-refractivity contribution in [2.45, 2.75) is 31.8 Å². The highest BCUT2D eigenvalue weighted by Crippen LogP contribution is 2.39. The van der Waals surface area contributed by atoms with Crippen LogP contribution in [-0.4, -0.2) is 49.8 Å². The summed E-state index contributed by atoms with van der Waals surface area (Å²) in [6, 6.07) is 4.76. The van der Waals surface area contributed by atoms with Gasteiger partial charge in [0.1, 0.15) is 12.7 Å². The third-order valence-corrected chi connectivity index (χ3v) is 5.75. The Morgan fingerprint density at radius 3 is 2.43 bits per heavy atom. The van der Waals surface area contributed by atoms with Crippen molar-refractivity contribution in [3.8, 4) is 11.5 Å².